The Labute approximate surface area is 64.4 Å². The molecule has 1 saturated heterocycles. The fourth-order valence-electron chi connectivity index (χ4n) is 0.852. The highest BCUT2D eigenvalue weighted by Crippen LogP contribution is 2.11. The van der Waals surface area contributed by atoms with Gasteiger partial charge in [0, 0.05) is 6.42 Å². The molecule has 11 heavy (non-hydrogen) atoms. The Kier molecular flexibility index (Phi) is 2.45. The van der Waals surface area contributed by atoms with Crippen LogP contribution in [0.1, 0.15) is 6.42 Å². The van der Waals surface area contributed by atoms with Crippen LogP contribution in [0.3, 0.4) is 0 Å². The zero-order chi connectivity index (χ0) is 8.32. The van der Waals surface area contributed by atoms with E-state index in [1.165, 1.54) is 0 Å². The van der Waals surface area contributed by atoms with Crippen molar-refractivity contribution in [3.05, 3.63) is 0 Å². The van der Waals surface area contributed by atoms with Crippen LogP contribution in [0.25, 0.3) is 0 Å². The first-order chi connectivity index (χ1) is 5.14. The molecule has 6 heteroatoms. The summed E-state index contributed by atoms with van der Waals surface area (Å²) in [5.41, 5.74) is 0. The fourth-order valence-corrected chi connectivity index (χ4v) is 2.00. The predicted octanol–water partition coefficient (Wildman–Crippen LogP) is -0.722. The number of carbonyl (C=O) groups is 1. The Morgan fingerprint density at radius 2 is 2.27 bits per heavy atom. The van der Waals surface area contributed by atoms with E-state index in [9.17, 15) is 13.2 Å². The van der Waals surface area contributed by atoms with Gasteiger partial charge in [-0.2, -0.15) is 8.42 Å². The van der Waals surface area contributed by atoms with Crippen LogP contribution < -0.4 is 0 Å². The van der Waals surface area contributed by atoms with Crippen LogP contribution in [0.4, 0.5) is 0 Å². The van der Waals surface area contributed by atoms with E-state index in [1.54, 1.807) is 0 Å². The Morgan fingerprint density at radius 1 is 1.55 bits per heavy atom. The van der Waals surface area contributed by atoms with Crippen molar-refractivity contribution in [1.29, 1.82) is 0 Å². The van der Waals surface area contributed by atoms with E-state index in [4.69, 9.17) is 0 Å². The first kappa shape index (κ1) is 8.48. The van der Waals surface area contributed by atoms with E-state index < -0.39 is 16.2 Å². The van der Waals surface area contributed by atoms with Gasteiger partial charge in [0.2, 0.25) is 0 Å². The molecular weight excluding hydrogens is 172 g/mol. The molecule has 1 fully saturated rings. The molecule has 0 aromatic carbocycles. The Bertz CT molecular complexity index is 231. The number of hydrogen-bond acceptors (Lipinski definition) is 5. The van der Waals surface area contributed by atoms with E-state index in [0.29, 0.717) is 6.42 Å². The third-order valence-corrected chi connectivity index (χ3v) is 2.65. The Hall–Kier alpha value is -0.620. The van der Waals surface area contributed by atoms with Crippen LogP contribution in [0, 0.1) is 0 Å². The third kappa shape index (κ3) is 2.47. The molecule has 0 aromatic heterocycles. The molecule has 1 unspecified atom stereocenters. The van der Waals surface area contributed by atoms with Crippen molar-refractivity contribution in [2.75, 3.05) is 12.4 Å². The molecule has 1 aliphatic rings. The van der Waals surface area contributed by atoms with Crippen molar-refractivity contribution < 1.29 is 22.1 Å². The largest absolute Gasteiger partial charge is 0.463 e. The summed E-state index contributed by atoms with van der Waals surface area (Å²) < 4.78 is 30.3. The van der Waals surface area contributed by atoms with Gasteiger partial charge in [-0.1, -0.05) is 0 Å². The SMILES string of the molecule is O=COC1CCOS(=O)(=O)C1. The smallest absolute Gasteiger partial charge is 0.293 e. The van der Waals surface area contributed by atoms with Crippen molar-refractivity contribution in [1.82, 2.24) is 0 Å². The van der Waals surface area contributed by atoms with Gasteiger partial charge in [-0.25, -0.2) is 0 Å². The molecule has 1 rings (SSSR count). The second-order valence-electron chi connectivity index (χ2n) is 2.19. The van der Waals surface area contributed by atoms with Crippen molar-refractivity contribution >= 4 is 16.6 Å². The number of hydrogen-bond donors (Lipinski definition) is 0. The van der Waals surface area contributed by atoms with Gasteiger partial charge in [0.15, 0.2) is 0 Å². The maximum Gasteiger partial charge on any atom is 0.293 e. The quantitative estimate of drug-likeness (QED) is 0.414. The molecule has 0 N–H and O–H groups in total. The lowest BCUT2D eigenvalue weighted by Gasteiger charge is -2.19. The average molecular weight is 180 g/mol. The highest BCUT2D eigenvalue weighted by atomic mass is 32.2. The summed E-state index contributed by atoms with van der Waals surface area (Å²) in [7, 11) is -3.44. The standard InChI is InChI=1S/C5H8O5S/c6-4-9-5-1-2-10-11(7,8)3-5/h4-5H,1-3H2. The van der Waals surface area contributed by atoms with Gasteiger partial charge in [0.25, 0.3) is 16.6 Å². The molecule has 0 bridgehead atoms. The zero-order valence-electron chi connectivity index (χ0n) is 5.73. The molecule has 1 heterocycles. The molecule has 0 saturated carbocycles. The Morgan fingerprint density at radius 3 is 2.82 bits per heavy atom. The van der Waals surface area contributed by atoms with Crippen molar-refractivity contribution in [3.63, 3.8) is 0 Å². The summed E-state index contributed by atoms with van der Waals surface area (Å²) in [6.45, 7) is 0.354. The van der Waals surface area contributed by atoms with E-state index >= 15 is 0 Å². The van der Waals surface area contributed by atoms with Crippen LogP contribution in [-0.2, 0) is 23.8 Å². The van der Waals surface area contributed by atoms with Crippen LogP contribution in [0.5, 0.6) is 0 Å². The molecule has 0 aromatic rings. The maximum atomic E-state index is 10.7. The van der Waals surface area contributed by atoms with E-state index in [-0.39, 0.29) is 18.8 Å². The molecule has 1 atom stereocenters. The first-order valence-corrected chi connectivity index (χ1v) is 4.68. The fraction of sp³-hybridized carbons (Fsp3) is 0.800. The second kappa shape index (κ2) is 3.19. The van der Waals surface area contributed by atoms with Gasteiger partial charge in [-0.05, 0) is 0 Å². The lowest BCUT2D eigenvalue weighted by atomic mass is 10.3. The molecule has 0 radical (unpaired) electrons. The van der Waals surface area contributed by atoms with Crippen LogP contribution in [-0.4, -0.2) is 33.4 Å². The van der Waals surface area contributed by atoms with Gasteiger partial charge < -0.3 is 4.74 Å². The Balaban J connectivity index is 2.53. The van der Waals surface area contributed by atoms with Crippen molar-refractivity contribution in [2.45, 2.75) is 12.5 Å². The van der Waals surface area contributed by atoms with Gasteiger partial charge in [-0.3, -0.25) is 8.98 Å². The van der Waals surface area contributed by atoms with Crippen LogP contribution >= 0.6 is 0 Å². The summed E-state index contributed by atoms with van der Waals surface area (Å²) >= 11 is 0. The molecule has 0 amide bonds. The minimum absolute atomic E-state index is 0.0981. The van der Waals surface area contributed by atoms with Crippen molar-refractivity contribution in [3.8, 4) is 0 Å². The molecule has 64 valence electrons. The lowest BCUT2D eigenvalue weighted by molar-refractivity contribution is -0.133. The first-order valence-electron chi connectivity index (χ1n) is 3.10. The monoisotopic (exact) mass is 180 g/mol. The average Bonchev–Trinajstić information content (AvgIpc) is 1.85. The summed E-state index contributed by atoms with van der Waals surface area (Å²) in [4.78, 5) is 9.83. The van der Waals surface area contributed by atoms with Crippen LogP contribution in [0.15, 0.2) is 0 Å². The van der Waals surface area contributed by atoms with Gasteiger partial charge in [0.1, 0.15) is 11.9 Å². The van der Waals surface area contributed by atoms with Crippen LogP contribution in [0.2, 0.25) is 0 Å². The number of ether oxygens (including phenoxy) is 1. The topological polar surface area (TPSA) is 69.7 Å². The molecule has 1 aliphatic heterocycles. The van der Waals surface area contributed by atoms with E-state index in [2.05, 4.69) is 8.92 Å². The molecular formula is C5H8O5S. The normalized spacial score (nSPS) is 29.3. The van der Waals surface area contributed by atoms with E-state index in [1.807, 2.05) is 0 Å². The minimum Gasteiger partial charge on any atom is -0.463 e. The molecule has 0 aliphatic carbocycles. The summed E-state index contributed by atoms with van der Waals surface area (Å²) in [5.74, 6) is -0.230. The van der Waals surface area contributed by atoms with Gasteiger partial charge >= 0.3 is 0 Å². The molecule has 5 nitrogen and oxygen atoms in total. The molecule has 0 spiro atoms. The summed E-state index contributed by atoms with van der Waals surface area (Å²) in [6, 6.07) is 0. The number of carbonyl (C=O) groups excluding carboxylic acids is 1. The summed E-state index contributed by atoms with van der Waals surface area (Å²) in [6.07, 6.45) is -0.0934. The third-order valence-electron chi connectivity index (χ3n) is 1.34. The minimum atomic E-state index is -3.44. The van der Waals surface area contributed by atoms with Gasteiger partial charge in [0.05, 0.1) is 6.61 Å². The van der Waals surface area contributed by atoms with Gasteiger partial charge in [-0.15, -0.1) is 0 Å². The maximum absolute atomic E-state index is 10.7. The zero-order valence-corrected chi connectivity index (χ0v) is 6.54. The van der Waals surface area contributed by atoms with E-state index in [0.717, 1.165) is 0 Å². The number of rotatable bonds is 2. The lowest BCUT2D eigenvalue weighted by Crippen LogP contribution is -2.32. The second-order valence-corrected chi connectivity index (χ2v) is 3.87. The summed E-state index contributed by atoms with van der Waals surface area (Å²) in [5, 5.41) is 0. The predicted molar refractivity (Wildman–Crippen MR) is 35.3 cm³/mol. The highest BCUT2D eigenvalue weighted by molar-refractivity contribution is 7.86. The highest BCUT2D eigenvalue weighted by Gasteiger charge is 2.26. The van der Waals surface area contributed by atoms with Crippen molar-refractivity contribution in [2.24, 2.45) is 0 Å².